The van der Waals surface area contributed by atoms with E-state index in [4.69, 9.17) is 4.98 Å². The van der Waals surface area contributed by atoms with Gasteiger partial charge in [-0.05, 0) is 58.5 Å². The molecule has 1 aliphatic rings. The monoisotopic (exact) mass is 416 g/mol. The third kappa shape index (κ3) is 4.06. The molecule has 1 atom stereocenters. The van der Waals surface area contributed by atoms with Crippen molar-refractivity contribution in [1.82, 2.24) is 14.9 Å². The van der Waals surface area contributed by atoms with E-state index in [0.29, 0.717) is 24.7 Å². The Kier molecular flexibility index (Phi) is 5.91. The number of halogens is 1. The van der Waals surface area contributed by atoms with Gasteiger partial charge in [-0.15, -0.1) is 0 Å². The van der Waals surface area contributed by atoms with Crippen molar-refractivity contribution in [3.63, 3.8) is 0 Å². The van der Waals surface area contributed by atoms with Crippen LogP contribution < -0.4 is 4.90 Å². The van der Waals surface area contributed by atoms with Crippen molar-refractivity contribution >= 4 is 27.7 Å². The lowest BCUT2D eigenvalue weighted by molar-refractivity contribution is 0.0740. The number of pyridine rings is 2. The molecule has 3 heterocycles. The van der Waals surface area contributed by atoms with Gasteiger partial charge in [-0.2, -0.15) is 0 Å². The molecule has 0 aromatic carbocycles. The fourth-order valence-electron chi connectivity index (χ4n) is 3.21. The van der Waals surface area contributed by atoms with Gasteiger partial charge in [0.15, 0.2) is 0 Å². The van der Waals surface area contributed by atoms with Crippen molar-refractivity contribution in [2.45, 2.75) is 33.1 Å². The Hall–Kier alpha value is -1.95. The molecule has 0 spiro atoms. The summed E-state index contributed by atoms with van der Waals surface area (Å²) in [6.07, 6.45) is 4.78. The van der Waals surface area contributed by atoms with Crippen LogP contribution in [-0.4, -0.2) is 47.0 Å². The second-order valence-corrected chi connectivity index (χ2v) is 7.78. The Bertz CT molecular complexity index is 770. The van der Waals surface area contributed by atoms with Crippen molar-refractivity contribution in [3.05, 3.63) is 51.9 Å². The number of aryl methyl sites for hydroxylation is 1. The number of carbonyl (C=O) groups is 1. The Labute approximate surface area is 163 Å². The molecule has 1 fully saturated rings. The summed E-state index contributed by atoms with van der Waals surface area (Å²) in [5, 5.41) is 0. The highest BCUT2D eigenvalue weighted by Gasteiger charge is 2.24. The van der Waals surface area contributed by atoms with Gasteiger partial charge in [0, 0.05) is 43.0 Å². The summed E-state index contributed by atoms with van der Waals surface area (Å²) < 4.78 is 0.876. The van der Waals surface area contributed by atoms with Gasteiger partial charge in [-0.3, -0.25) is 4.79 Å². The maximum absolute atomic E-state index is 12.6. The zero-order chi connectivity index (χ0) is 18.7. The van der Waals surface area contributed by atoms with E-state index < -0.39 is 0 Å². The second-order valence-electron chi connectivity index (χ2n) is 6.86. The minimum Gasteiger partial charge on any atom is -0.353 e. The highest BCUT2D eigenvalue weighted by Crippen LogP contribution is 2.25. The van der Waals surface area contributed by atoms with Gasteiger partial charge in [-0.25, -0.2) is 9.97 Å². The summed E-state index contributed by atoms with van der Waals surface area (Å²) in [6.45, 7) is 9.51. The maximum atomic E-state index is 12.6. The molecule has 6 heteroatoms. The second kappa shape index (κ2) is 8.16. The van der Waals surface area contributed by atoms with Gasteiger partial charge in [0.2, 0.25) is 0 Å². The van der Waals surface area contributed by atoms with Crippen molar-refractivity contribution < 1.29 is 4.79 Å². The molecule has 0 saturated carbocycles. The molecule has 2 aromatic rings. The van der Waals surface area contributed by atoms with Gasteiger partial charge >= 0.3 is 0 Å². The molecule has 1 amide bonds. The zero-order valence-electron chi connectivity index (χ0n) is 15.6. The Morgan fingerprint density at radius 3 is 2.50 bits per heavy atom. The van der Waals surface area contributed by atoms with Gasteiger partial charge in [0.05, 0.1) is 0 Å². The molecule has 2 aromatic heterocycles. The normalized spacial score (nSPS) is 15.8. The van der Waals surface area contributed by atoms with Crippen LogP contribution in [0.3, 0.4) is 0 Å². The Morgan fingerprint density at radius 1 is 1.19 bits per heavy atom. The predicted molar refractivity (Wildman–Crippen MR) is 108 cm³/mol. The molecule has 0 bridgehead atoms. The predicted octanol–water partition coefficient (Wildman–Crippen LogP) is 4.02. The molecule has 138 valence electrons. The van der Waals surface area contributed by atoms with E-state index in [-0.39, 0.29) is 5.91 Å². The smallest absolute Gasteiger partial charge is 0.272 e. The third-order valence-corrected chi connectivity index (χ3v) is 5.54. The molecule has 5 nitrogen and oxygen atoms in total. The highest BCUT2D eigenvalue weighted by atomic mass is 79.9. The minimum atomic E-state index is -0.00560. The van der Waals surface area contributed by atoms with Crippen molar-refractivity contribution in [3.8, 4) is 0 Å². The van der Waals surface area contributed by atoms with Crippen molar-refractivity contribution in [2.24, 2.45) is 0 Å². The summed E-state index contributed by atoms with van der Waals surface area (Å²) in [5.41, 5.74) is 3.00. The van der Waals surface area contributed by atoms with Crippen LogP contribution in [0.5, 0.6) is 0 Å². The molecule has 0 aliphatic carbocycles. The van der Waals surface area contributed by atoms with Gasteiger partial charge in [0.1, 0.15) is 11.5 Å². The van der Waals surface area contributed by atoms with Crippen LogP contribution in [0.2, 0.25) is 0 Å². The highest BCUT2D eigenvalue weighted by molar-refractivity contribution is 9.10. The van der Waals surface area contributed by atoms with Crippen LogP contribution in [0.25, 0.3) is 0 Å². The summed E-state index contributed by atoms with van der Waals surface area (Å²) in [7, 11) is 0. The largest absolute Gasteiger partial charge is 0.353 e. The number of hydrogen-bond donors (Lipinski definition) is 0. The number of hydrogen-bond acceptors (Lipinski definition) is 4. The molecule has 0 N–H and O–H groups in total. The Balaban J connectivity index is 1.65. The van der Waals surface area contributed by atoms with Crippen LogP contribution in [0.1, 0.15) is 47.8 Å². The SMILES string of the molecule is CCC(C)c1cnc(N2CCN(C(=O)c3ccc(Br)cn3)CC2)c(C)c1. The van der Waals surface area contributed by atoms with E-state index in [1.807, 2.05) is 17.2 Å². The molecule has 3 rings (SSSR count). The van der Waals surface area contributed by atoms with Crippen molar-refractivity contribution in [1.29, 1.82) is 0 Å². The standard InChI is InChI=1S/C20H25BrN4O/c1-4-14(2)16-11-15(3)19(23-12-16)24-7-9-25(10-8-24)20(26)18-6-5-17(21)13-22-18/h5-6,11-14H,4,7-10H2,1-3H3. The van der Waals surface area contributed by atoms with Crippen molar-refractivity contribution in [2.75, 3.05) is 31.1 Å². The van der Waals surface area contributed by atoms with E-state index >= 15 is 0 Å². The molecule has 0 radical (unpaired) electrons. The maximum Gasteiger partial charge on any atom is 0.272 e. The fraction of sp³-hybridized carbons (Fsp3) is 0.450. The van der Waals surface area contributed by atoms with Gasteiger partial charge in [0.25, 0.3) is 5.91 Å². The molecular formula is C20H25BrN4O. The minimum absolute atomic E-state index is 0.00560. The molecule has 26 heavy (non-hydrogen) atoms. The number of anilines is 1. The van der Waals surface area contributed by atoms with Crippen LogP contribution in [0.4, 0.5) is 5.82 Å². The first-order valence-corrected chi connectivity index (χ1v) is 9.91. The molecule has 1 saturated heterocycles. The molecular weight excluding hydrogens is 392 g/mol. The lowest BCUT2D eigenvalue weighted by atomic mass is 9.99. The Morgan fingerprint density at radius 2 is 1.92 bits per heavy atom. The first kappa shape index (κ1) is 18.8. The summed E-state index contributed by atoms with van der Waals surface area (Å²) >= 11 is 3.35. The average Bonchev–Trinajstić information content (AvgIpc) is 2.67. The number of piperazine rings is 1. The van der Waals surface area contributed by atoms with Gasteiger partial charge in [-0.1, -0.05) is 19.9 Å². The summed E-state index contributed by atoms with van der Waals surface area (Å²) in [6, 6.07) is 5.86. The quantitative estimate of drug-likeness (QED) is 0.754. The van der Waals surface area contributed by atoms with E-state index in [1.165, 1.54) is 11.1 Å². The first-order chi connectivity index (χ1) is 12.5. The van der Waals surface area contributed by atoms with E-state index in [2.05, 4.69) is 52.7 Å². The summed E-state index contributed by atoms with van der Waals surface area (Å²) in [4.78, 5) is 25.7. The summed E-state index contributed by atoms with van der Waals surface area (Å²) in [5.74, 6) is 1.56. The molecule has 1 unspecified atom stereocenters. The third-order valence-electron chi connectivity index (χ3n) is 5.07. The van der Waals surface area contributed by atoms with Crippen LogP contribution in [0.15, 0.2) is 35.1 Å². The zero-order valence-corrected chi connectivity index (χ0v) is 17.2. The lowest BCUT2D eigenvalue weighted by Crippen LogP contribution is -2.49. The topological polar surface area (TPSA) is 49.3 Å². The van der Waals surface area contributed by atoms with E-state index in [1.54, 1.807) is 12.3 Å². The van der Waals surface area contributed by atoms with E-state index in [9.17, 15) is 4.79 Å². The van der Waals surface area contributed by atoms with E-state index in [0.717, 1.165) is 29.8 Å². The molecule has 1 aliphatic heterocycles. The number of rotatable bonds is 4. The number of aromatic nitrogens is 2. The fourth-order valence-corrected chi connectivity index (χ4v) is 3.45. The van der Waals surface area contributed by atoms with Gasteiger partial charge < -0.3 is 9.80 Å². The van der Waals surface area contributed by atoms with Crippen LogP contribution >= 0.6 is 15.9 Å². The number of amides is 1. The van der Waals surface area contributed by atoms with Crippen LogP contribution in [0, 0.1) is 6.92 Å². The average molecular weight is 417 g/mol. The first-order valence-electron chi connectivity index (χ1n) is 9.12. The number of nitrogens with zero attached hydrogens (tertiary/aromatic N) is 4. The van der Waals surface area contributed by atoms with Crippen LogP contribution in [-0.2, 0) is 0 Å². The lowest BCUT2D eigenvalue weighted by Gasteiger charge is -2.36. The number of carbonyl (C=O) groups excluding carboxylic acids is 1.